The molecule has 0 spiro atoms. The summed E-state index contributed by atoms with van der Waals surface area (Å²) in [7, 11) is -3.41. The first-order chi connectivity index (χ1) is 9.88. The second-order valence-electron chi connectivity index (χ2n) is 5.03. The highest BCUT2D eigenvalue weighted by atomic mass is 32.2. The summed E-state index contributed by atoms with van der Waals surface area (Å²) in [6.45, 7) is 1.92. The van der Waals surface area contributed by atoms with Crippen LogP contribution in [0.25, 0.3) is 0 Å². The molecule has 1 atom stereocenters. The molecule has 5 heteroatoms. The first kappa shape index (κ1) is 15.5. The molecule has 21 heavy (non-hydrogen) atoms. The number of hydrogen-bond donors (Lipinski definition) is 1. The molecule has 0 bridgehead atoms. The molecule has 0 fully saturated rings. The molecule has 0 amide bonds. The molecule has 1 N–H and O–H groups in total. The number of anilines is 1. The third kappa shape index (κ3) is 4.06. The number of nitrogens with zero attached hydrogens (tertiary/aromatic N) is 1. The van der Waals surface area contributed by atoms with Crippen molar-refractivity contribution in [2.45, 2.75) is 19.6 Å². The van der Waals surface area contributed by atoms with Crippen LogP contribution in [0.15, 0.2) is 54.6 Å². The average molecular weight is 305 g/mol. The summed E-state index contributed by atoms with van der Waals surface area (Å²) >= 11 is 0. The predicted octanol–water partition coefficient (Wildman–Crippen LogP) is 2.71. The standard InChI is InChI=1S/C16H19NO3S/c1-13(18)15-9-6-10-16(11-15)17(21(2,19)20)12-14-7-4-3-5-8-14/h3-11,13,18H,12H2,1-2H3. The van der Waals surface area contributed by atoms with Crippen LogP contribution in [0.3, 0.4) is 0 Å². The number of aliphatic hydroxyl groups is 1. The molecular formula is C16H19NO3S. The van der Waals surface area contributed by atoms with Gasteiger partial charge in [-0.15, -0.1) is 0 Å². The summed E-state index contributed by atoms with van der Waals surface area (Å²) < 4.78 is 25.5. The highest BCUT2D eigenvalue weighted by Gasteiger charge is 2.18. The van der Waals surface area contributed by atoms with Gasteiger partial charge < -0.3 is 5.11 Å². The van der Waals surface area contributed by atoms with Crippen LogP contribution in [-0.4, -0.2) is 19.8 Å². The molecule has 0 radical (unpaired) electrons. The molecule has 0 heterocycles. The number of aliphatic hydroxyl groups excluding tert-OH is 1. The third-order valence-corrected chi connectivity index (χ3v) is 4.35. The average Bonchev–Trinajstić information content (AvgIpc) is 2.45. The molecule has 0 aromatic heterocycles. The van der Waals surface area contributed by atoms with Crippen molar-refractivity contribution >= 4 is 15.7 Å². The molecule has 0 saturated heterocycles. The SMILES string of the molecule is CC(O)c1cccc(N(Cc2ccccc2)S(C)(=O)=O)c1. The summed E-state index contributed by atoms with van der Waals surface area (Å²) in [4.78, 5) is 0. The van der Waals surface area contributed by atoms with Gasteiger partial charge in [-0.3, -0.25) is 4.31 Å². The fourth-order valence-electron chi connectivity index (χ4n) is 2.09. The molecule has 0 aliphatic heterocycles. The van der Waals surface area contributed by atoms with Crippen molar-refractivity contribution in [1.82, 2.24) is 0 Å². The molecule has 4 nitrogen and oxygen atoms in total. The summed E-state index contributed by atoms with van der Waals surface area (Å²) in [6, 6.07) is 16.4. The minimum atomic E-state index is -3.41. The number of benzene rings is 2. The van der Waals surface area contributed by atoms with Gasteiger partial charge in [-0.2, -0.15) is 0 Å². The largest absolute Gasteiger partial charge is 0.389 e. The van der Waals surface area contributed by atoms with Gasteiger partial charge in [0.15, 0.2) is 0 Å². The second-order valence-corrected chi connectivity index (χ2v) is 6.93. The Labute approximate surface area is 125 Å². The smallest absolute Gasteiger partial charge is 0.232 e. The van der Waals surface area contributed by atoms with Gasteiger partial charge in [-0.05, 0) is 30.2 Å². The first-order valence-corrected chi connectivity index (χ1v) is 8.52. The van der Waals surface area contributed by atoms with E-state index < -0.39 is 16.1 Å². The van der Waals surface area contributed by atoms with E-state index in [1.54, 1.807) is 31.2 Å². The van der Waals surface area contributed by atoms with Gasteiger partial charge in [0.05, 0.1) is 24.6 Å². The highest BCUT2D eigenvalue weighted by molar-refractivity contribution is 7.92. The van der Waals surface area contributed by atoms with Crippen LogP contribution in [0.5, 0.6) is 0 Å². The van der Waals surface area contributed by atoms with Crippen molar-refractivity contribution in [2.24, 2.45) is 0 Å². The van der Waals surface area contributed by atoms with Crippen molar-refractivity contribution in [2.75, 3.05) is 10.6 Å². The fraction of sp³-hybridized carbons (Fsp3) is 0.250. The minimum Gasteiger partial charge on any atom is -0.389 e. The van der Waals surface area contributed by atoms with E-state index in [0.717, 1.165) is 5.56 Å². The lowest BCUT2D eigenvalue weighted by atomic mass is 10.1. The van der Waals surface area contributed by atoms with E-state index in [9.17, 15) is 13.5 Å². The first-order valence-electron chi connectivity index (χ1n) is 6.67. The van der Waals surface area contributed by atoms with Crippen molar-refractivity contribution in [3.05, 3.63) is 65.7 Å². The van der Waals surface area contributed by atoms with E-state index in [1.165, 1.54) is 10.6 Å². The number of sulfonamides is 1. The van der Waals surface area contributed by atoms with Gasteiger partial charge in [0.2, 0.25) is 10.0 Å². The molecule has 0 saturated carbocycles. The Bertz CT molecular complexity index is 696. The van der Waals surface area contributed by atoms with Gasteiger partial charge in [-0.1, -0.05) is 42.5 Å². The van der Waals surface area contributed by atoms with Crippen LogP contribution in [-0.2, 0) is 16.6 Å². The zero-order chi connectivity index (χ0) is 15.5. The van der Waals surface area contributed by atoms with E-state index in [0.29, 0.717) is 11.3 Å². The summed E-state index contributed by atoms with van der Waals surface area (Å²) in [5.74, 6) is 0. The van der Waals surface area contributed by atoms with Crippen molar-refractivity contribution < 1.29 is 13.5 Å². The zero-order valence-corrected chi connectivity index (χ0v) is 12.9. The van der Waals surface area contributed by atoms with E-state index in [1.807, 2.05) is 30.3 Å². The molecule has 2 aromatic rings. The molecular weight excluding hydrogens is 286 g/mol. The lowest BCUT2D eigenvalue weighted by Crippen LogP contribution is -2.29. The third-order valence-electron chi connectivity index (χ3n) is 3.21. The molecule has 0 aliphatic rings. The van der Waals surface area contributed by atoms with Gasteiger partial charge >= 0.3 is 0 Å². The van der Waals surface area contributed by atoms with Crippen molar-refractivity contribution in [3.8, 4) is 0 Å². The zero-order valence-electron chi connectivity index (χ0n) is 12.1. The van der Waals surface area contributed by atoms with E-state index in [2.05, 4.69) is 0 Å². The minimum absolute atomic E-state index is 0.267. The fourth-order valence-corrected chi connectivity index (χ4v) is 2.97. The van der Waals surface area contributed by atoms with E-state index >= 15 is 0 Å². The van der Waals surface area contributed by atoms with Crippen LogP contribution in [0.2, 0.25) is 0 Å². The molecule has 0 aliphatic carbocycles. The van der Waals surface area contributed by atoms with E-state index in [4.69, 9.17) is 0 Å². The molecule has 1 unspecified atom stereocenters. The normalized spacial score (nSPS) is 12.9. The Balaban J connectivity index is 2.40. The quantitative estimate of drug-likeness (QED) is 0.924. The lowest BCUT2D eigenvalue weighted by molar-refractivity contribution is 0.199. The molecule has 2 rings (SSSR count). The van der Waals surface area contributed by atoms with Gasteiger partial charge in [0.25, 0.3) is 0 Å². The lowest BCUT2D eigenvalue weighted by Gasteiger charge is -2.23. The second kappa shape index (κ2) is 6.28. The summed E-state index contributed by atoms with van der Waals surface area (Å²) in [6.07, 6.45) is 0.549. The van der Waals surface area contributed by atoms with Crippen LogP contribution in [0, 0.1) is 0 Å². The van der Waals surface area contributed by atoms with Crippen LogP contribution >= 0.6 is 0 Å². The van der Waals surface area contributed by atoms with Gasteiger partial charge in [0.1, 0.15) is 0 Å². The maximum absolute atomic E-state index is 12.1. The Hall–Kier alpha value is -1.85. The van der Waals surface area contributed by atoms with Gasteiger partial charge in [0, 0.05) is 0 Å². The maximum atomic E-state index is 12.1. The summed E-state index contributed by atoms with van der Waals surface area (Å²) in [5.41, 5.74) is 2.15. The predicted molar refractivity (Wildman–Crippen MR) is 84.5 cm³/mol. The Morgan fingerprint density at radius 2 is 1.76 bits per heavy atom. The van der Waals surface area contributed by atoms with Crippen LogP contribution < -0.4 is 4.31 Å². The summed E-state index contributed by atoms with van der Waals surface area (Å²) in [5, 5.41) is 9.65. The van der Waals surface area contributed by atoms with Crippen molar-refractivity contribution in [1.29, 1.82) is 0 Å². The van der Waals surface area contributed by atoms with Crippen molar-refractivity contribution in [3.63, 3.8) is 0 Å². The van der Waals surface area contributed by atoms with E-state index in [-0.39, 0.29) is 6.54 Å². The molecule has 112 valence electrons. The Morgan fingerprint density at radius 3 is 2.33 bits per heavy atom. The Morgan fingerprint density at radius 1 is 1.10 bits per heavy atom. The maximum Gasteiger partial charge on any atom is 0.232 e. The van der Waals surface area contributed by atoms with Gasteiger partial charge in [-0.25, -0.2) is 8.42 Å². The Kier molecular flexibility index (Phi) is 4.65. The monoisotopic (exact) mass is 305 g/mol. The highest BCUT2D eigenvalue weighted by Crippen LogP contribution is 2.24. The number of hydrogen-bond acceptors (Lipinski definition) is 3. The van der Waals surface area contributed by atoms with Crippen LogP contribution in [0.4, 0.5) is 5.69 Å². The molecule has 2 aromatic carbocycles. The topological polar surface area (TPSA) is 57.6 Å². The van der Waals surface area contributed by atoms with Crippen LogP contribution in [0.1, 0.15) is 24.2 Å². The number of rotatable bonds is 5.